The lowest BCUT2D eigenvalue weighted by Gasteiger charge is -2.16. The summed E-state index contributed by atoms with van der Waals surface area (Å²) in [6.07, 6.45) is 5.67. The van der Waals surface area contributed by atoms with Gasteiger partial charge in [0.05, 0.1) is 33.1 Å². The lowest BCUT2D eigenvalue weighted by Crippen LogP contribution is -1.97. The average molecular weight is 767 g/mol. The first kappa shape index (κ1) is 32.9. The smallest absolute Gasteiger partial charge is 0.151 e. The van der Waals surface area contributed by atoms with E-state index in [2.05, 4.69) is 196 Å². The summed E-state index contributed by atoms with van der Waals surface area (Å²) in [5.41, 5.74) is 10.6. The number of rotatable bonds is 3. The van der Waals surface area contributed by atoms with Gasteiger partial charge in [-0.1, -0.05) is 109 Å². The van der Waals surface area contributed by atoms with Crippen LogP contribution in [0, 0.1) is 0 Å². The van der Waals surface area contributed by atoms with Gasteiger partial charge in [0.25, 0.3) is 0 Å². The van der Waals surface area contributed by atoms with Crippen molar-refractivity contribution < 1.29 is 4.42 Å². The molecule has 0 saturated heterocycles. The molecular formula is C55H34N4O. The molecule has 13 rings (SSSR count). The minimum Gasteiger partial charge on any atom is -0.461 e. The number of benzene rings is 8. The van der Waals surface area contributed by atoms with Crippen molar-refractivity contribution in [3.63, 3.8) is 0 Å². The van der Waals surface area contributed by atoms with Crippen LogP contribution >= 0.6 is 0 Å². The number of hydrogen-bond acceptors (Lipinski definition) is 2. The van der Waals surface area contributed by atoms with Crippen LogP contribution in [0.1, 0.15) is 0 Å². The minimum absolute atomic E-state index is 0.780. The third kappa shape index (κ3) is 4.71. The van der Waals surface area contributed by atoms with Gasteiger partial charge in [0.2, 0.25) is 0 Å². The Morgan fingerprint density at radius 1 is 0.333 bits per heavy atom. The number of nitrogens with zero attached hydrogens (tertiary/aromatic N) is 4. The lowest BCUT2D eigenvalue weighted by atomic mass is 9.95. The van der Waals surface area contributed by atoms with Crippen molar-refractivity contribution in [2.24, 2.45) is 0 Å². The van der Waals surface area contributed by atoms with Gasteiger partial charge in [-0.3, -0.25) is 4.98 Å². The number of pyridine rings is 1. The highest BCUT2D eigenvalue weighted by atomic mass is 16.3. The molecule has 0 aliphatic carbocycles. The monoisotopic (exact) mass is 766 g/mol. The number of aromatic nitrogens is 4. The second kappa shape index (κ2) is 12.7. The molecule has 5 nitrogen and oxygen atoms in total. The van der Waals surface area contributed by atoms with Crippen LogP contribution < -0.4 is 0 Å². The molecule has 60 heavy (non-hydrogen) atoms. The van der Waals surface area contributed by atoms with Crippen molar-refractivity contribution >= 4 is 97.9 Å². The first-order valence-corrected chi connectivity index (χ1v) is 20.4. The van der Waals surface area contributed by atoms with Gasteiger partial charge in [0.15, 0.2) is 5.58 Å². The number of para-hydroxylation sites is 5. The predicted octanol–water partition coefficient (Wildman–Crippen LogP) is 14.5. The van der Waals surface area contributed by atoms with E-state index in [0.29, 0.717) is 0 Å². The van der Waals surface area contributed by atoms with Gasteiger partial charge in [-0.25, -0.2) is 0 Å². The van der Waals surface area contributed by atoms with E-state index in [0.717, 1.165) is 71.4 Å². The quantitative estimate of drug-likeness (QED) is 0.180. The van der Waals surface area contributed by atoms with Crippen LogP contribution in [0.4, 0.5) is 0 Å². The fourth-order valence-corrected chi connectivity index (χ4v) is 9.83. The Hall–Kier alpha value is -8.15. The zero-order valence-corrected chi connectivity index (χ0v) is 32.3. The Bertz CT molecular complexity index is 3850. The second-order valence-electron chi connectivity index (χ2n) is 15.6. The molecule has 0 aliphatic rings. The van der Waals surface area contributed by atoms with Gasteiger partial charge in [0, 0.05) is 61.8 Å². The largest absolute Gasteiger partial charge is 0.461 e. The van der Waals surface area contributed by atoms with Crippen LogP contribution in [0.3, 0.4) is 0 Å². The Morgan fingerprint density at radius 3 is 1.38 bits per heavy atom. The van der Waals surface area contributed by atoms with Crippen molar-refractivity contribution in [2.75, 3.05) is 0 Å². The van der Waals surface area contributed by atoms with E-state index in [-0.39, 0.29) is 0 Å². The highest BCUT2D eigenvalue weighted by Crippen LogP contribution is 2.41. The van der Waals surface area contributed by atoms with Gasteiger partial charge >= 0.3 is 0 Å². The first-order valence-electron chi connectivity index (χ1n) is 20.4. The molecule has 0 bridgehead atoms. The standard InChI is InChI=1S/C55H34N4O/c1-2-13-35(14-3-1)57-29-30-60-54-34-48-47(33-53(54)57)39-27-25-37(59-51-22-10-6-17-42(51)43-18-7-11-23-52(43)59)32-46(39)45-31-36(24-26-38(45)44-19-12-28-56-55(44)48)58-49-20-8-4-15-40(49)41-16-5-9-21-50(41)58/h1-34H. The summed E-state index contributed by atoms with van der Waals surface area (Å²) in [7, 11) is 0. The molecular weight excluding hydrogens is 733 g/mol. The molecule has 5 heteroatoms. The van der Waals surface area contributed by atoms with E-state index in [9.17, 15) is 0 Å². The fraction of sp³-hybridized carbons (Fsp3) is 0. The Kier molecular flexibility index (Phi) is 6.95. The average Bonchev–Trinajstić information content (AvgIpc) is 3.84. The van der Waals surface area contributed by atoms with Gasteiger partial charge in [0.1, 0.15) is 6.26 Å². The molecule has 4 heterocycles. The van der Waals surface area contributed by atoms with Gasteiger partial charge in [-0.2, -0.15) is 0 Å². The van der Waals surface area contributed by atoms with Crippen LogP contribution in [0.25, 0.3) is 115 Å². The summed E-state index contributed by atoms with van der Waals surface area (Å²) in [5, 5.41) is 12.7. The van der Waals surface area contributed by atoms with Crippen molar-refractivity contribution in [3.8, 4) is 17.1 Å². The van der Waals surface area contributed by atoms with E-state index in [4.69, 9.17) is 9.40 Å². The third-order valence-electron chi connectivity index (χ3n) is 12.4. The van der Waals surface area contributed by atoms with Crippen molar-refractivity contribution in [2.45, 2.75) is 0 Å². The zero-order valence-electron chi connectivity index (χ0n) is 32.3. The fourth-order valence-electron chi connectivity index (χ4n) is 9.83. The molecule has 13 aromatic rings. The summed E-state index contributed by atoms with van der Waals surface area (Å²) >= 11 is 0. The first-order chi connectivity index (χ1) is 29.8. The third-order valence-corrected chi connectivity index (χ3v) is 12.4. The van der Waals surface area contributed by atoms with Crippen LogP contribution in [0.5, 0.6) is 0 Å². The molecule has 0 unspecified atom stereocenters. The predicted molar refractivity (Wildman–Crippen MR) is 250 cm³/mol. The van der Waals surface area contributed by atoms with Crippen molar-refractivity contribution in [1.29, 1.82) is 0 Å². The van der Waals surface area contributed by atoms with Gasteiger partial charge in [-0.15, -0.1) is 0 Å². The van der Waals surface area contributed by atoms with E-state index in [1.165, 1.54) is 43.6 Å². The SMILES string of the molecule is c1ccc(-n2ccoc3cc4c(cc32)c2ccc(-n3c5ccccc5c5ccccc53)cc2c2cc(-n3c5ccccc5c5ccccc53)ccc2c2cccnc24)cc1. The maximum Gasteiger partial charge on any atom is 0.151 e. The molecule has 280 valence electrons. The number of hydrogen-bond donors (Lipinski definition) is 0. The molecule has 0 radical (unpaired) electrons. The Labute approximate surface area is 343 Å². The lowest BCUT2D eigenvalue weighted by molar-refractivity contribution is 0.593. The molecule has 0 spiro atoms. The molecule has 9 aromatic carbocycles. The van der Waals surface area contributed by atoms with Crippen LogP contribution in [0.15, 0.2) is 211 Å². The Morgan fingerprint density at radius 2 is 0.817 bits per heavy atom. The van der Waals surface area contributed by atoms with Gasteiger partial charge in [-0.05, 0) is 106 Å². The van der Waals surface area contributed by atoms with E-state index in [1.54, 1.807) is 6.26 Å². The molecule has 4 aromatic heterocycles. The van der Waals surface area contributed by atoms with Gasteiger partial charge < -0.3 is 18.1 Å². The molecule has 0 aliphatic heterocycles. The zero-order chi connectivity index (χ0) is 39.3. The maximum atomic E-state index is 6.31. The maximum absolute atomic E-state index is 6.31. The Balaban J connectivity index is 1.24. The van der Waals surface area contributed by atoms with Crippen LogP contribution in [0.2, 0.25) is 0 Å². The van der Waals surface area contributed by atoms with Crippen molar-refractivity contribution in [1.82, 2.24) is 18.7 Å². The summed E-state index contributed by atoms with van der Waals surface area (Å²) in [4.78, 5) is 5.14. The van der Waals surface area contributed by atoms with E-state index < -0.39 is 0 Å². The molecule has 0 atom stereocenters. The van der Waals surface area contributed by atoms with Crippen LogP contribution in [-0.4, -0.2) is 18.7 Å². The summed E-state index contributed by atoms with van der Waals surface area (Å²) in [6.45, 7) is 0. The minimum atomic E-state index is 0.780. The molecule has 0 fully saturated rings. The van der Waals surface area contributed by atoms with E-state index in [1.807, 2.05) is 18.5 Å². The summed E-state index contributed by atoms with van der Waals surface area (Å²) < 4.78 is 13.3. The highest BCUT2D eigenvalue weighted by Gasteiger charge is 2.18. The molecule has 0 N–H and O–H groups in total. The topological polar surface area (TPSA) is 40.8 Å². The van der Waals surface area contributed by atoms with E-state index >= 15 is 0 Å². The van der Waals surface area contributed by atoms with Crippen molar-refractivity contribution in [3.05, 3.63) is 207 Å². The number of fused-ring (bicyclic) bond motifs is 15. The second-order valence-corrected chi connectivity index (χ2v) is 15.6. The summed E-state index contributed by atoms with van der Waals surface area (Å²) in [5.74, 6) is 0. The molecule has 0 amide bonds. The van der Waals surface area contributed by atoms with Crippen LogP contribution in [-0.2, 0) is 0 Å². The normalized spacial score (nSPS) is 12.0. The highest BCUT2D eigenvalue weighted by molar-refractivity contribution is 6.27. The molecule has 0 saturated carbocycles. The summed E-state index contributed by atoms with van der Waals surface area (Å²) in [6, 6.07) is 68.1.